The number of rotatable bonds is 15. The van der Waals surface area contributed by atoms with Gasteiger partial charge in [-0.2, -0.15) is 0 Å². The third-order valence-corrected chi connectivity index (χ3v) is 7.44. The summed E-state index contributed by atoms with van der Waals surface area (Å²) >= 11 is 0. The zero-order valence-corrected chi connectivity index (χ0v) is 25.5. The molecule has 0 atom stereocenters. The van der Waals surface area contributed by atoms with E-state index in [0.29, 0.717) is 46.7 Å². The van der Waals surface area contributed by atoms with Gasteiger partial charge in [-0.15, -0.1) is 0 Å². The van der Waals surface area contributed by atoms with E-state index >= 15 is 0 Å². The van der Waals surface area contributed by atoms with Crippen molar-refractivity contribution in [3.63, 3.8) is 0 Å². The molecule has 0 fully saturated rings. The van der Waals surface area contributed by atoms with Crippen LogP contribution in [0, 0.1) is 0 Å². The van der Waals surface area contributed by atoms with Crippen LogP contribution in [0.2, 0.25) is 0 Å². The molecule has 2 N–H and O–H groups in total. The average Bonchev–Trinajstić information content (AvgIpc) is 3.07. The third-order valence-electron chi connectivity index (χ3n) is 7.44. The summed E-state index contributed by atoms with van der Waals surface area (Å²) < 4.78 is 10.8. The number of carboxylic acids is 1. The quantitative estimate of drug-likeness (QED) is 0.191. The standard InChI is InChI=1S/C36H38N2O7/c1-44-28-22-27(23-29(24-28)45-2)16-18-37(19-17-34(40)41)35(42)32-14-8-6-12-30(32)31-13-7-9-15-33(31)36(43)38(20-21-39)25-26-10-4-3-5-11-26/h3-15,22-24,39H,16-21,25H2,1-2H3,(H,40,41). The number of aliphatic carboxylic acids is 1. The van der Waals surface area contributed by atoms with Gasteiger partial charge in [-0.1, -0.05) is 66.7 Å². The molecule has 0 aliphatic carbocycles. The highest BCUT2D eigenvalue weighted by Crippen LogP contribution is 2.30. The molecular formula is C36H38N2O7. The molecule has 45 heavy (non-hydrogen) atoms. The van der Waals surface area contributed by atoms with Crippen molar-refractivity contribution in [1.29, 1.82) is 0 Å². The molecule has 0 aromatic heterocycles. The lowest BCUT2D eigenvalue weighted by Crippen LogP contribution is -2.35. The van der Waals surface area contributed by atoms with E-state index in [0.717, 1.165) is 11.1 Å². The summed E-state index contributed by atoms with van der Waals surface area (Å²) in [5.41, 5.74) is 3.66. The van der Waals surface area contributed by atoms with Crippen LogP contribution in [-0.4, -0.2) is 78.3 Å². The summed E-state index contributed by atoms with van der Waals surface area (Å²) in [5, 5.41) is 19.2. The van der Waals surface area contributed by atoms with E-state index in [9.17, 15) is 24.6 Å². The molecule has 0 spiro atoms. The van der Waals surface area contributed by atoms with Crippen molar-refractivity contribution in [3.8, 4) is 22.6 Å². The number of hydrogen-bond acceptors (Lipinski definition) is 6. The van der Waals surface area contributed by atoms with E-state index in [4.69, 9.17) is 9.47 Å². The van der Waals surface area contributed by atoms with Gasteiger partial charge in [-0.3, -0.25) is 14.4 Å². The van der Waals surface area contributed by atoms with Gasteiger partial charge in [0.1, 0.15) is 11.5 Å². The highest BCUT2D eigenvalue weighted by atomic mass is 16.5. The molecule has 234 valence electrons. The Morgan fingerprint density at radius 3 is 1.71 bits per heavy atom. The molecule has 0 bridgehead atoms. The van der Waals surface area contributed by atoms with Gasteiger partial charge in [0, 0.05) is 43.4 Å². The van der Waals surface area contributed by atoms with Crippen LogP contribution in [-0.2, 0) is 17.8 Å². The summed E-state index contributed by atoms with van der Waals surface area (Å²) in [5.74, 6) is -0.410. The van der Waals surface area contributed by atoms with Crippen molar-refractivity contribution in [3.05, 3.63) is 119 Å². The van der Waals surface area contributed by atoms with Crippen LogP contribution in [0.15, 0.2) is 97.1 Å². The lowest BCUT2D eigenvalue weighted by molar-refractivity contribution is -0.137. The first-order chi connectivity index (χ1) is 21.8. The van der Waals surface area contributed by atoms with Crippen LogP contribution < -0.4 is 9.47 Å². The van der Waals surface area contributed by atoms with Gasteiger partial charge in [0.2, 0.25) is 0 Å². The minimum atomic E-state index is -1.01. The number of aliphatic hydroxyl groups excluding tert-OH is 1. The summed E-state index contributed by atoms with van der Waals surface area (Å²) in [7, 11) is 3.12. The Bertz CT molecular complexity index is 1580. The fourth-order valence-corrected chi connectivity index (χ4v) is 5.15. The van der Waals surface area contributed by atoms with Crippen molar-refractivity contribution in [2.24, 2.45) is 0 Å². The smallest absolute Gasteiger partial charge is 0.305 e. The SMILES string of the molecule is COc1cc(CCN(CCC(=O)O)C(=O)c2ccccc2-c2ccccc2C(=O)N(CCO)Cc2ccccc2)cc(OC)c1. The van der Waals surface area contributed by atoms with E-state index in [-0.39, 0.29) is 44.5 Å². The van der Waals surface area contributed by atoms with Gasteiger partial charge in [-0.05, 0) is 52.9 Å². The molecule has 0 aliphatic rings. The van der Waals surface area contributed by atoms with Crippen LogP contribution in [0.3, 0.4) is 0 Å². The van der Waals surface area contributed by atoms with Crippen LogP contribution in [0.4, 0.5) is 0 Å². The maximum Gasteiger partial charge on any atom is 0.305 e. The predicted octanol–water partition coefficient (Wildman–Crippen LogP) is 5.17. The highest BCUT2D eigenvalue weighted by molar-refractivity contribution is 6.06. The number of ether oxygens (including phenoxy) is 2. The van der Waals surface area contributed by atoms with E-state index < -0.39 is 5.97 Å². The van der Waals surface area contributed by atoms with Gasteiger partial charge in [0.05, 0.1) is 27.2 Å². The highest BCUT2D eigenvalue weighted by Gasteiger charge is 2.24. The molecule has 9 nitrogen and oxygen atoms in total. The molecule has 0 saturated heterocycles. The topological polar surface area (TPSA) is 117 Å². The van der Waals surface area contributed by atoms with Gasteiger partial charge in [-0.25, -0.2) is 0 Å². The maximum absolute atomic E-state index is 14.1. The molecule has 0 saturated carbocycles. The lowest BCUT2D eigenvalue weighted by Gasteiger charge is -2.25. The van der Waals surface area contributed by atoms with Crippen LogP contribution in [0.1, 0.15) is 38.3 Å². The largest absolute Gasteiger partial charge is 0.497 e. The maximum atomic E-state index is 14.1. The first-order valence-electron chi connectivity index (χ1n) is 14.7. The number of aliphatic hydroxyl groups is 1. The number of hydrogen-bond donors (Lipinski definition) is 2. The van der Waals surface area contributed by atoms with E-state index in [1.165, 1.54) is 4.90 Å². The molecule has 9 heteroatoms. The Hall–Kier alpha value is -5.15. The van der Waals surface area contributed by atoms with Gasteiger partial charge in [0.25, 0.3) is 11.8 Å². The summed E-state index contributed by atoms with van der Waals surface area (Å²) in [4.78, 5) is 42.7. The normalized spacial score (nSPS) is 10.6. The number of carbonyl (C=O) groups excluding carboxylic acids is 2. The molecular weight excluding hydrogens is 572 g/mol. The van der Waals surface area contributed by atoms with E-state index in [1.54, 1.807) is 73.7 Å². The van der Waals surface area contributed by atoms with Crippen LogP contribution >= 0.6 is 0 Å². The van der Waals surface area contributed by atoms with Crippen LogP contribution in [0.25, 0.3) is 11.1 Å². The summed E-state index contributed by atoms with van der Waals surface area (Å²) in [6.45, 7) is 0.506. The molecule has 2 amide bonds. The minimum Gasteiger partial charge on any atom is -0.497 e. The minimum absolute atomic E-state index is 0.00549. The number of benzene rings is 4. The second-order valence-electron chi connectivity index (χ2n) is 10.4. The zero-order valence-electron chi connectivity index (χ0n) is 25.5. The number of carboxylic acid groups (broad SMARTS) is 1. The molecule has 0 unspecified atom stereocenters. The van der Waals surface area contributed by atoms with Crippen molar-refractivity contribution < 1.29 is 34.1 Å². The van der Waals surface area contributed by atoms with E-state index in [1.807, 2.05) is 42.5 Å². The van der Waals surface area contributed by atoms with Crippen LogP contribution in [0.5, 0.6) is 11.5 Å². The van der Waals surface area contributed by atoms with Crippen molar-refractivity contribution in [1.82, 2.24) is 9.80 Å². The van der Waals surface area contributed by atoms with Gasteiger partial charge < -0.3 is 29.5 Å². The molecule has 4 aromatic rings. The molecule has 0 aliphatic heterocycles. The Labute approximate surface area is 263 Å². The zero-order chi connectivity index (χ0) is 32.2. The molecule has 4 aromatic carbocycles. The third kappa shape index (κ3) is 8.70. The Kier molecular flexibility index (Phi) is 11.7. The first-order valence-corrected chi connectivity index (χ1v) is 14.7. The molecule has 0 radical (unpaired) electrons. The molecule has 0 heterocycles. The second kappa shape index (κ2) is 16.1. The predicted molar refractivity (Wildman–Crippen MR) is 172 cm³/mol. The fourth-order valence-electron chi connectivity index (χ4n) is 5.15. The Morgan fingerprint density at radius 2 is 1.18 bits per heavy atom. The Balaban J connectivity index is 1.67. The second-order valence-corrected chi connectivity index (χ2v) is 10.4. The van der Waals surface area contributed by atoms with Crippen molar-refractivity contribution >= 4 is 17.8 Å². The average molecular weight is 611 g/mol. The van der Waals surface area contributed by atoms with Crippen molar-refractivity contribution in [2.75, 3.05) is 40.5 Å². The summed E-state index contributed by atoms with van der Waals surface area (Å²) in [6.07, 6.45) is 0.214. The van der Waals surface area contributed by atoms with Gasteiger partial charge in [0.15, 0.2) is 0 Å². The number of nitrogens with zero attached hydrogens (tertiary/aromatic N) is 2. The monoisotopic (exact) mass is 610 g/mol. The number of carbonyl (C=O) groups is 3. The Morgan fingerprint density at radius 1 is 0.644 bits per heavy atom. The fraction of sp³-hybridized carbons (Fsp3) is 0.250. The first kappa shape index (κ1) is 32.8. The number of methoxy groups -OCH3 is 2. The molecule has 4 rings (SSSR count). The van der Waals surface area contributed by atoms with Crippen molar-refractivity contribution in [2.45, 2.75) is 19.4 Å². The number of amides is 2. The summed E-state index contributed by atoms with van der Waals surface area (Å²) in [6, 6.07) is 29.1. The van der Waals surface area contributed by atoms with Gasteiger partial charge >= 0.3 is 5.97 Å². The lowest BCUT2D eigenvalue weighted by atomic mass is 9.93. The van der Waals surface area contributed by atoms with E-state index in [2.05, 4.69) is 0 Å².